The SMILES string of the molecule is CCN(c1ccccc1)S(=O)(=O)c1ccc2c(c1)N(C(C)=O)C[C@@H](C)O2. The minimum Gasteiger partial charge on any atom is -0.487 e. The second-order valence-electron chi connectivity index (χ2n) is 6.19. The van der Waals surface area contributed by atoms with E-state index in [4.69, 9.17) is 4.74 Å². The zero-order valence-corrected chi connectivity index (χ0v) is 15.9. The van der Waals surface area contributed by atoms with Gasteiger partial charge in [-0.15, -0.1) is 0 Å². The van der Waals surface area contributed by atoms with E-state index in [2.05, 4.69) is 0 Å². The highest BCUT2D eigenvalue weighted by atomic mass is 32.2. The number of carbonyl (C=O) groups is 1. The van der Waals surface area contributed by atoms with Crippen molar-refractivity contribution in [3.05, 3.63) is 48.5 Å². The predicted molar refractivity (Wildman–Crippen MR) is 101 cm³/mol. The number of rotatable bonds is 4. The molecule has 1 amide bonds. The van der Waals surface area contributed by atoms with E-state index in [1.165, 1.54) is 23.4 Å². The van der Waals surface area contributed by atoms with Crippen LogP contribution in [0.4, 0.5) is 11.4 Å². The Kier molecular flexibility index (Phi) is 4.91. The van der Waals surface area contributed by atoms with Crippen molar-refractivity contribution in [2.75, 3.05) is 22.3 Å². The van der Waals surface area contributed by atoms with Gasteiger partial charge in [0.1, 0.15) is 11.9 Å². The Morgan fingerprint density at radius 3 is 2.54 bits per heavy atom. The average Bonchev–Trinajstić information content (AvgIpc) is 2.61. The summed E-state index contributed by atoms with van der Waals surface area (Å²) in [6, 6.07) is 13.6. The number of benzene rings is 2. The average molecular weight is 374 g/mol. The van der Waals surface area contributed by atoms with Crippen LogP contribution in [0.5, 0.6) is 5.75 Å². The van der Waals surface area contributed by atoms with E-state index in [1.807, 2.05) is 13.0 Å². The molecule has 1 aliphatic rings. The molecule has 7 heteroatoms. The Balaban J connectivity index is 2.07. The summed E-state index contributed by atoms with van der Waals surface area (Å²) < 4.78 is 33.4. The molecule has 2 aromatic rings. The fourth-order valence-corrected chi connectivity index (χ4v) is 4.58. The topological polar surface area (TPSA) is 66.9 Å². The van der Waals surface area contributed by atoms with Gasteiger partial charge >= 0.3 is 0 Å². The Morgan fingerprint density at radius 2 is 1.92 bits per heavy atom. The zero-order chi connectivity index (χ0) is 18.9. The van der Waals surface area contributed by atoms with Crippen LogP contribution in [-0.4, -0.2) is 33.5 Å². The molecule has 0 aliphatic carbocycles. The maximum absolute atomic E-state index is 13.2. The van der Waals surface area contributed by atoms with Crippen molar-refractivity contribution < 1.29 is 17.9 Å². The lowest BCUT2D eigenvalue weighted by Gasteiger charge is -2.33. The molecule has 0 spiro atoms. The second kappa shape index (κ2) is 6.99. The Morgan fingerprint density at radius 1 is 1.23 bits per heavy atom. The first-order valence-electron chi connectivity index (χ1n) is 8.51. The maximum atomic E-state index is 13.2. The van der Waals surface area contributed by atoms with Crippen molar-refractivity contribution in [1.29, 1.82) is 0 Å². The summed E-state index contributed by atoms with van der Waals surface area (Å²) in [7, 11) is -3.76. The molecule has 26 heavy (non-hydrogen) atoms. The van der Waals surface area contributed by atoms with Gasteiger partial charge in [-0.1, -0.05) is 18.2 Å². The molecule has 2 aromatic carbocycles. The maximum Gasteiger partial charge on any atom is 0.264 e. The molecule has 1 aliphatic heterocycles. The summed E-state index contributed by atoms with van der Waals surface area (Å²) in [4.78, 5) is 13.7. The number of para-hydroxylation sites is 1. The number of sulfonamides is 1. The van der Waals surface area contributed by atoms with Gasteiger partial charge in [-0.25, -0.2) is 8.42 Å². The van der Waals surface area contributed by atoms with Gasteiger partial charge in [0.05, 0.1) is 22.8 Å². The fraction of sp³-hybridized carbons (Fsp3) is 0.316. The minimum atomic E-state index is -3.76. The highest BCUT2D eigenvalue weighted by Crippen LogP contribution is 2.36. The predicted octanol–water partition coefficient (Wildman–Crippen LogP) is 3.04. The van der Waals surface area contributed by atoms with Gasteiger partial charge in [0.15, 0.2) is 0 Å². The molecule has 0 fully saturated rings. The molecule has 0 N–H and O–H groups in total. The first-order chi connectivity index (χ1) is 12.3. The summed E-state index contributed by atoms with van der Waals surface area (Å²) in [5, 5.41) is 0. The van der Waals surface area contributed by atoms with Crippen LogP contribution in [0.1, 0.15) is 20.8 Å². The molecule has 0 aromatic heterocycles. The summed E-state index contributed by atoms with van der Waals surface area (Å²) >= 11 is 0. The van der Waals surface area contributed by atoms with Crippen LogP contribution in [0.15, 0.2) is 53.4 Å². The van der Waals surface area contributed by atoms with Crippen molar-refractivity contribution in [3.63, 3.8) is 0 Å². The number of carbonyl (C=O) groups excluding carboxylic acids is 1. The largest absolute Gasteiger partial charge is 0.487 e. The van der Waals surface area contributed by atoms with Crippen molar-refractivity contribution in [2.45, 2.75) is 31.8 Å². The van der Waals surface area contributed by atoms with Crippen LogP contribution in [0, 0.1) is 0 Å². The van der Waals surface area contributed by atoms with E-state index in [0.29, 0.717) is 30.2 Å². The van der Waals surface area contributed by atoms with E-state index in [0.717, 1.165) is 0 Å². The number of ether oxygens (including phenoxy) is 1. The van der Waals surface area contributed by atoms with Crippen LogP contribution < -0.4 is 13.9 Å². The van der Waals surface area contributed by atoms with Crippen molar-refractivity contribution >= 4 is 27.3 Å². The summed E-state index contributed by atoms with van der Waals surface area (Å²) in [6.45, 7) is 5.81. The van der Waals surface area contributed by atoms with Gasteiger partial charge in [-0.2, -0.15) is 0 Å². The van der Waals surface area contributed by atoms with Crippen LogP contribution in [0.25, 0.3) is 0 Å². The minimum absolute atomic E-state index is 0.131. The first kappa shape index (κ1) is 18.3. The van der Waals surface area contributed by atoms with Crippen molar-refractivity contribution in [1.82, 2.24) is 0 Å². The standard InChI is InChI=1S/C19H22N2O4S/c1-4-21(16-8-6-5-7-9-16)26(23,24)17-10-11-19-18(12-17)20(15(3)22)13-14(2)25-19/h5-12,14H,4,13H2,1-3H3/t14-/m1/s1. The molecule has 0 saturated heterocycles. The number of hydrogen-bond donors (Lipinski definition) is 0. The first-order valence-corrected chi connectivity index (χ1v) is 9.95. The van der Waals surface area contributed by atoms with Gasteiger partial charge in [0.25, 0.3) is 10.0 Å². The van der Waals surface area contributed by atoms with Crippen LogP contribution in [-0.2, 0) is 14.8 Å². The van der Waals surface area contributed by atoms with E-state index in [-0.39, 0.29) is 16.9 Å². The molecule has 6 nitrogen and oxygen atoms in total. The van der Waals surface area contributed by atoms with Crippen molar-refractivity contribution in [2.24, 2.45) is 0 Å². The third-order valence-corrected chi connectivity index (χ3v) is 6.19. The summed E-state index contributed by atoms with van der Waals surface area (Å²) in [6.07, 6.45) is -0.148. The molecular weight excluding hydrogens is 352 g/mol. The molecule has 0 unspecified atom stereocenters. The van der Waals surface area contributed by atoms with Gasteiger partial charge in [0, 0.05) is 13.5 Å². The highest BCUT2D eigenvalue weighted by molar-refractivity contribution is 7.92. The molecule has 0 saturated carbocycles. The molecule has 1 atom stereocenters. The molecule has 3 rings (SSSR count). The molecule has 138 valence electrons. The molecule has 0 bridgehead atoms. The monoisotopic (exact) mass is 374 g/mol. The van der Waals surface area contributed by atoms with Gasteiger partial charge < -0.3 is 9.64 Å². The van der Waals surface area contributed by atoms with E-state index < -0.39 is 10.0 Å². The number of hydrogen-bond acceptors (Lipinski definition) is 4. The summed E-state index contributed by atoms with van der Waals surface area (Å²) in [5.74, 6) is 0.368. The smallest absolute Gasteiger partial charge is 0.264 e. The fourth-order valence-electron chi connectivity index (χ4n) is 3.09. The highest BCUT2D eigenvalue weighted by Gasteiger charge is 2.30. The van der Waals surface area contributed by atoms with E-state index in [1.54, 1.807) is 42.2 Å². The zero-order valence-electron chi connectivity index (χ0n) is 15.0. The Bertz CT molecular complexity index is 912. The number of amides is 1. The van der Waals surface area contributed by atoms with Crippen LogP contribution >= 0.6 is 0 Å². The normalized spacial score (nSPS) is 16.6. The lowest BCUT2D eigenvalue weighted by molar-refractivity contribution is -0.117. The Hall–Kier alpha value is -2.54. The van der Waals surface area contributed by atoms with Gasteiger partial charge in [-0.05, 0) is 44.2 Å². The number of anilines is 2. The van der Waals surface area contributed by atoms with Crippen LogP contribution in [0.3, 0.4) is 0 Å². The quantitative estimate of drug-likeness (QED) is 0.825. The van der Waals surface area contributed by atoms with Gasteiger partial charge in [0.2, 0.25) is 5.91 Å². The number of nitrogens with zero attached hydrogens (tertiary/aromatic N) is 2. The van der Waals surface area contributed by atoms with Crippen LogP contribution in [0.2, 0.25) is 0 Å². The third-order valence-electron chi connectivity index (χ3n) is 4.29. The third kappa shape index (κ3) is 3.26. The number of fused-ring (bicyclic) bond motifs is 1. The van der Waals surface area contributed by atoms with Crippen molar-refractivity contribution in [3.8, 4) is 5.75 Å². The molecule has 0 radical (unpaired) electrons. The molecular formula is C19H22N2O4S. The molecule has 1 heterocycles. The lowest BCUT2D eigenvalue weighted by atomic mass is 10.2. The van der Waals surface area contributed by atoms with E-state index in [9.17, 15) is 13.2 Å². The Labute approximate surface area is 154 Å². The summed E-state index contributed by atoms with van der Waals surface area (Å²) in [5.41, 5.74) is 1.09. The second-order valence-corrected chi connectivity index (χ2v) is 8.06. The lowest BCUT2D eigenvalue weighted by Crippen LogP contribution is -2.41. The van der Waals surface area contributed by atoms with E-state index >= 15 is 0 Å². The van der Waals surface area contributed by atoms with Gasteiger partial charge in [-0.3, -0.25) is 9.10 Å².